The molecule has 0 spiro atoms. The molecular formula is C31H24N2O. The van der Waals surface area contributed by atoms with Crippen LogP contribution < -0.4 is 10.6 Å². The van der Waals surface area contributed by atoms with Gasteiger partial charge in [-0.3, -0.25) is 0 Å². The summed E-state index contributed by atoms with van der Waals surface area (Å²) in [7, 11) is 0. The normalized spacial score (nSPS) is 17.9. The Labute approximate surface area is 199 Å². The molecule has 2 aliphatic rings. The summed E-state index contributed by atoms with van der Waals surface area (Å²) >= 11 is 0. The molecular weight excluding hydrogens is 416 g/mol. The predicted molar refractivity (Wildman–Crippen MR) is 139 cm³/mol. The van der Waals surface area contributed by atoms with Crippen molar-refractivity contribution in [2.24, 2.45) is 0 Å². The van der Waals surface area contributed by atoms with Gasteiger partial charge in [0.1, 0.15) is 0 Å². The highest BCUT2D eigenvalue weighted by Gasteiger charge is 2.31. The van der Waals surface area contributed by atoms with Crippen molar-refractivity contribution in [3.63, 3.8) is 0 Å². The van der Waals surface area contributed by atoms with E-state index in [2.05, 4.69) is 71.3 Å². The third-order valence-electron chi connectivity index (χ3n) is 6.62. The Morgan fingerprint density at radius 2 is 0.882 bits per heavy atom. The zero-order valence-corrected chi connectivity index (χ0v) is 18.6. The molecule has 3 heteroatoms. The average Bonchev–Trinajstić information content (AvgIpc) is 3.44. The number of fused-ring (bicyclic) bond motifs is 2. The summed E-state index contributed by atoms with van der Waals surface area (Å²) in [4.78, 5) is 13.5. The van der Waals surface area contributed by atoms with E-state index < -0.39 is 0 Å². The van der Waals surface area contributed by atoms with Crippen LogP contribution in [0.1, 0.15) is 45.5 Å². The Morgan fingerprint density at radius 1 is 0.500 bits per heavy atom. The fourth-order valence-electron chi connectivity index (χ4n) is 5.02. The lowest BCUT2D eigenvalue weighted by Gasteiger charge is -2.23. The summed E-state index contributed by atoms with van der Waals surface area (Å²) in [6.07, 6.45) is 4.35. The second kappa shape index (κ2) is 8.53. The van der Waals surface area contributed by atoms with Crippen molar-refractivity contribution in [2.45, 2.75) is 12.1 Å². The van der Waals surface area contributed by atoms with E-state index in [1.165, 1.54) is 0 Å². The van der Waals surface area contributed by atoms with Gasteiger partial charge in [-0.25, -0.2) is 4.79 Å². The van der Waals surface area contributed by atoms with Gasteiger partial charge in [0.25, 0.3) is 0 Å². The fraction of sp³-hybridized carbons (Fsp3) is 0.0645. The van der Waals surface area contributed by atoms with E-state index in [0.717, 1.165) is 44.5 Å². The molecule has 0 heterocycles. The number of hydrogen-bond donors (Lipinski definition) is 2. The van der Waals surface area contributed by atoms with Crippen molar-refractivity contribution in [2.75, 3.05) is 0 Å². The van der Waals surface area contributed by atoms with Gasteiger partial charge in [-0.15, -0.1) is 0 Å². The van der Waals surface area contributed by atoms with Gasteiger partial charge in [0.15, 0.2) is 0 Å². The summed E-state index contributed by atoms with van der Waals surface area (Å²) in [5, 5.41) is 6.54. The van der Waals surface area contributed by atoms with Crippen LogP contribution in [0.25, 0.3) is 23.3 Å². The third-order valence-corrected chi connectivity index (χ3v) is 6.62. The predicted octanol–water partition coefficient (Wildman–Crippen LogP) is 6.88. The van der Waals surface area contributed by atoms with Crippen molar-refractivity contribution >= 4 is 29.3 Å². The van der Waals surface area contributed by atoms with Crippen molar-refractivity contribution < 1.29 is 4.79 Å². The molecule has 2 amide bonds. The number of nitrogens with one attached hydrogen (secondary N) is 2. The topological polar surface area (TPSA) is 41.1 Å². The lowest BCUT2D eigenvalue weighted by Crippen LogP contribution is -2.39. The molecule has 0 fully saturated rings. The van der Waals surface area contributed by atoms with Crippen LogP contribution in [0.15, 0.2) is 109 Å². The van der Waals surface area contributed by atoms with Crippen molar-refractivity contribution in [1.82, 2.24) is 10.6 Å². The number of hydrogen-bond acceptors (Lipinski definition) is 1. The van der Waals surface area contributed by atoms with Crippen LogP contribution in [0, 0.1) is 0 Å². The molecule has 164 valence electrons. The minimum absolute atomic E-state index is 0.188. The van der Waals surface area contributed by atoms with Gasteiger partial charge in [0.05, 0.1) is 12.1 Å². The molecule has 2 atom stereocenters. The molecule has 0 saturated heterocycles. The van der Waals surface area contributed by atoms with Gasteiger partial charge in [-0.1, -0.05) is 109 Å². The van der Waals surface area contributed by atoms with Gasteiger partial charge in [-0.2, -0.15) is 0 Å². The smallest absolute Gasteiger partial charge is 0.316 e. The maximum Gasteiger partial charge on any atom is 0.316 e. The second-order valence-electron chi connectivity index (χ2n) is 8.67. The van der Waals surface area contributed by atoms with E-state index in [9.17, 15) is 4.79 Å². The average molecular weight is 441 g/mol. The molecule has 6 rings (SSSR count). The molecule has 34 heavy (non-hydrogen) atoms. The monoisotopic (exact) mass is 440 g/mol. The van der Waals surface area contributed by atoms with E-state index >= 15 is 0 Å². The Morgan fingerprint density at radius 3 is 1.32 bits per heavy atom. The van der Waals surface area contributed by atoms with Gasteiger partial charge in [0, 0.05) is 0 Å². The molecule has 4 aromatic rings. The summed E-state index contributed by atoms with van der Waals surface area (Å²) < 4.78 is 0. The number of rotatable bonds is 4. The first-order valence-corrected chi connectivity index (χ1v) is 11.6. The van der Waals surface area contributed by atoms with E-state index in [0.29, 0.717) is 0 Å². The maximum atomic E-state index is 13.5. The Balaban J connectivity index is 1.30. The number of benzene rings is 4. The van der Waals surface area contributed by atoms with Crippen LogP contribution in [0.3, 0.4) is 0 Å². The molecule has 4 aromatic carbocycles. The number of urea groups is 1. The molecule has 0 radical (unpaired) electrons. The first kappa shape index (κ1) is 20.3. The lowest BCUT2D eigenvalue weighted by atomic mass is 9.97. The highest BCUT2D eigenvalue weighted by molar-refractivity contribution is 5.96. The van der Waals surface area contributed by atoms with Crippen LogP contribution in [0.4, 0.5) is 4.79 Å². The van der Waals surface area contributed by atoms with Crippen molar-refractivity contribution in [3.05, 3.63) is 143 Å². The summed E-state index contributed by atoms with van der Waals surface area (Å²) in [6.45, 7) is 0. The lowest BCUT2D eigenvalue weighted by molar-refractivity contribution is 0.238. The van der Waals surface area contributed by atoms with Gasteiger partial charge in [0.2, 0.25) is 0 Å². The fourth-order valence-corrected chi connectivity index (χ4v) is 5.02. The molecule has 2 unspecified atom stereocenters. The standard InChI is InChI=1S/C31H24N2O/c34-31(32-29-25-17-9-7-15-23(25)19-27(29)21-11-3-1-4-12-21)33-30-26-18-10-8-16-24(26)20-28(30)22-13-5-2-6-14-22/h1-20,29-30H,(H2,32,33,34). The molecule has 0 bridgehead atoms. The third kappa shape index (κ3) is 3.61. The summed E-state index contributed by atoms with van der Waals surface area (Å²) in [6, 6.07) is 36.4. The minimum atomic E-state index is -0.209. The van der Waals surface area contributed by atoms with Crippen LogP contribution in [-0.2, 0) is 0 Å². The zero-order valence-electron chi connectivity index (χ0n) is 18.6. The molecule has 0 aromatic heterocycles. The minimum Gasteiger partial charge on any atom is -0.327 e. The highest BCUT2D eigenvalue weighted by Crippen LogP contribution is 2.42. The van der Waals surface area contributed by atoms with Crippen LogP contribution in [0.2, 0.25) is 0 Å². The van der Waals surface area contributed by atoms with Gasteiger partial charge >= 0.3 is 6.03 Å². The van der Waals surface area contributed by atoms with Crippen LogP contribution >= 0.6 is 0 Å². The van der Waals surface area contributed by atoms with E-state index in [1.54, 1.807) is 0 Å². The first-order chi connectivity index (χ1) is 16.8. The molecule has 0 saturated carbocycles. The summed E-state index contributed by atoms with van der Waals surface area (Å²) in [5.41, 5.74) is 8.93. The number of amides is 2. The molecule has 2 N–H and O–H groups in total. The Hall–Kier alpha value is -4.37. The maximum absolute atomic E-state index is 13.5. The van der Waals surface area contributed by atoms with Gasteiger partial charge < -0.3 is 10.6 Å². The largest absolute Gasteiger partial charge is 0.327 e. The van der Waals surface area contributed by atoms with Crippen LogP contribution in [-0.4, -0.2) is 6.03 Å². The van der Waals surface area contributed by atoms with E-state index in [-0.39, 0.29) is 18.1 Å². The molecule has 3 nitrogen and oxygen atoms in total. The quantitative estimate of drug-likeness (QED) is 0.357. The van der Waals surface area contributed by atoms with E-state index in [4.69, 9.17) is 0 Å². The molecule has 0 aliphatic heterocycles. The zero-order chi connectivity index (χ0) is 22.9. The Kier molecular flexibility index (Phi) is 5.08. The SMILES string of the molecule is O=C(NC1C(c2ccccc2)=Cc2ccccc21)NC1C(c2ccccc2)=Cc2ccccc21. The Bertz CT molecular complexity index is 1310. The second-order valence-corrected chi connectivity index (χ2v) is 8.67. The van der Waals surface area contributed by atoms with Crippen LogP contribution in [0.5, 0.6) is 0 Å². The highest BCUT2D eigenvalue weighted by atomic mass is 16.2. The number of carbonyl (C=O) groups excluding carboxylic acids is 1. The van der Waals surface area contributed by atoms with Crippen molar-refractivity contribution in [3.8, 4) is 0 Å². The van der Waals surface area contributed by atoms with Gasteiger partial charge in [-0.05, 0) is 56.7 Å². The number of carbonyl (C=O) groups is 1. The van der Waals surface area contributed by atoms with Crippen molar-refractivity contribution in [1.29, 1.82) is 0 Å². The summed E-state index contributed by atoms with van der Waals surface area (Å²) in [5.74, 6) is 0. The molecule has 2 aliphatic carbocycles. The van der Waals surface area contributed by atoms with E-state index in [1.807, 2.05) is 60.7 Å². The first-order valence-electron chi connectivity index (χ1n) is 11.6.